The first kappa shape index (κ1) is 19.0. The molecule has 2 N–H and O–H groups in total. The van der Waals surface area contributed by atoms with Crippen LogP contribution in [0.5, 0.6) is 5.75 Å². The molecule has 0 radical (unpaired) electrons. The van der Waals surface area contributed by atoms with Crippen LogP contribution in [0.15, 0.2) is 36.7 Å². The Morgan fingerprint density at radius 3 is 2.90 bits per heavy atom. The average molecular weight is 396 g/mol. The average Bonchev–Trinajstić information content (AvgIpc) is 2.70. The van der Waals surface area contributed by atoms with Gasteiger partial charge in [0.05, 0.1) is 23.9 Å². The molecule has 1 fully saturated rings. The third kappa shape index (κ3) is 4.09. The van der Waals surface area contributed by atoms with E-state index in [1.54, 1.807) is 23.1 Å². The number of pyridine rings is 1. The first-order chi connectivity index (χ1) is 14.0. The SMILES string of the molecule is CC(C)Oc1cc(F)ccc1Nc1ncnc2ccc(N3CCNCC3=O)nc12. The Kier molecular flexibility index (Phi) is 5.22. The molecule has 1 aliphatic rings. The van der Waals surface area contributed by atoms with Gasteiger partial charge < -0.3 is 15.4 Å². The molecule has 0 spiro atoms. The molecule has 9 heteroatoms. The smallest absolute Gasteiger partial charge is 0.242 e. The molecular weight excluding hydrogens is 375 g/mol. The zero-order valence-corrected chi connectivity index (χ0v) is 16.1. The van der Waals surface area contributed by atoms with Crippen LogP contribution < -0.4 is 20.3 Å². The number of ether oxygens (including phenoxy) is 1. The van der Waals surface area contributed by atoms with Gasteiger partial charge in [-0.3, -0.25) is 9.69 Å². The zero-order valence-electron chi connectivity index (χ0n) is 16.1. The number of carbonyl (C=O) groups excluding carboxylic acids is 1. The van der Waals surface area contributed by atoms with E-state index >= 15 is 0 Å². The number of fused-ring (bicyclic) bond motifs is 1. The summed E-state index contributed by atoms with van der Waals surface area (Å²) in [7, 11) is 0. The van der Waals surface area contributed by atoms with Gasteiger partial charge in [0.1, 0.15) is 29.2 Å². The summed E-state index contributed by atoms with van der Waals surface area (Å²) in [4.78, 5) is 27.0. The first-order valence-electron chi connectivity index (χ1n) is 9.37. The van der Waals surface area contributed by atoms with Crippen molar-refractivity contribution in [1.29, 1.82) is 0 Å². The fourth-order valence-electron chi connectivity index (χ4n) is 3.10. The van der Waals surface area contributed by atoms with Gasteiger partial charge in [-0.15, -0.1) is 0 Å². The second-order valence-electron chi connectivity index (χ2n) is 6.91. The molecule has 1 saturated heterocycles. The second kappa shape index (κ2) is 7.96. The monoisotopic (exact) mass is 396 g/mol. The van der Waals surface area contributed by atoms with Gasteiger partial charge in [-0.25, -0.2) is 19.3 Å². The number of hydrogen-bond acceptors (Lipinski definition) is 7. The summed E-state index contributed by atoms with van der Waals surface area (Å²) in [5, 5.41) is 6.21. The highest BCUT2D eigenvalue weighted by Gasteiger charge is 2.21. The molecule has 3 heterocycles. The number of amides is 1. The molecule has 0 unspecified atom stereocenters. The molecule has 8 nitrogen and oxygen atoms in total. The zero-order chi connectivity index (χ0) is 20.4. The van der Waals surface area contributed by atoms with Crippen LogP contribution in [0.3, 0.4) is 0 Å². The quantitative estimate of drug-likeness (QED) is 0.685. The summed E-state index contributed by atoms with van der Waals surface area (Å²) in [6.45, 7) is 5.26. The van der Waals surface area contributed by atoms with Crippen molar-refractivity contribution < 1.29 is 13.9 Å². The molecule has 4 rings (SSSR count). The van der Waals surface area contributed by atoms with Gasteiger partial charge in [-0.1, -0.05) is 0 Å². The Morgan fingerprint density at radius 1 is 1.24 bits per heavy atom. The molecule has 3 aromatic rings. The van der Waals surface area contributed by atoms with Crippen LogP contribution in [-0.4, -0.2) is 46.6 Å². The Bertz CT molecular complexity index is 1060. The fourth-order valence-corrected chi connectivity index (χ4v) is 3.10. The number of nitrogens with one attached hydrogen (secondary N) is 2. The lowest BCUT2D eigenvalue weighted by Crippen LogP contribution is -2.48. The van der Waals surface area contributed by atoms with Crippen molar-refractivity contribution in [3.63, 3.8) is 0 Å². The Balaban J connectivity index is 1.73. The summed E-state index contributed by atoms with van der Waals surface area (Å²) in [5.41, 5.74) is 1.70. The second-order valence-corrected chi connectivity index (χ2v) is 6.91. The minimum absolute atomic E-state index is 0.0411. The van der Waals surface area contributed by atoms with E-state index < -0.39 is 5.82 Å². The van der Waals surface area contributed by atoms with Crippen LogP contribution in [-0.2, 0) is 4.79 Å². The number of piperazine rings is 1. The predicted molar refractivity (Wildman–Crippen MR) is 108 cm³/mol. The van der Waals surface area contributed by atoms with Crippen LogP contribution in [0.1, 0.15) is 13.8 Å². The summed E-state index contributed by atoms with van der Waals surface area (Å²) in [5.74, 6) is 0.927. The molecule has 0 atom stereocenters. The van der Waals surface area contributed by atoms with Crippen LogP contribution in [0.25, 0.3) is 11.0 Å². The number of nitrogens with zero attached hydrogens (tertiary/aromatic N) is 4. The molecule has 2 aromatic heterocycles. The highest BCUT2D eigenvalue weighted by atomic mass is 19.1. The van der Waals surface area contributed by atoms with Crippen LogP contribution in [0.2, 0.25) is 0 Å². The third-order valence-corrected chi connectivity index (χ3v) is 4.39. The van der Waals surface area contributed by atoms with Crippen molar-refractivity contribution >= 4 is 34.3 Å². The van der Waals surface area contributed by atoms with E-state index in [1.807, 2.05) is 13.8 Å². The van der Waals surface area contributed by atoms with Crippen LogP contribution >= 0.6 is 0 Å². The van der Waals surface area contributed by atoms with Crippen molar-refractivity contribution in [2.24, 2.45) is 0 Å². The standard InChI is InChI=1S/C20H21FN6O2/c1-12(2)29-16-9-13(21)3-4-14(16)25-20-19-15(23-11-24-20)5-6-17(26-19)27-8-7-22-10-18(27)28/h3-6,9,11-12,22H,7-8,10H2,1-2H3,(H,23,24,25). The number of anilines is 3. The van der Waals surface area contributed by atoms with Crippen molar-refractivity contribution in [2.45, 2.75) is 20.0 Å². The molecule has 1 aromatic carbocycles. The maximum absolute atomic E-state index is 13.7. The van der Waals surface area contributed by atoms with Crippen molar-refractivity contribution in [2.75, 3.05) is 29.9 Å². The summed E-state index contributed by atoms with van der Waals surface area (Å²) in [6.07, 6.45) is 1.30. The number of halogens is 1. The van der Waals surface area contributed by atoms with Gasteiger partial charge in [0.25, 0.3) is 0 Å². The summed E-state index contributed by atoms with van der Waals surface area (Å²) in [6, 6.07) is 7.83. The molecule has 1 amide bonds. The van der Waals surface area contributed by atoms with E-state index in [1.165, 1.54) is 18.5 Å². The number of hydrogen-bond donors (Lipinski definition) is 2. The molecule has 0 saturated carbocycles. The van der Waals surface area contributed by atoms with E-state index in [0.717, 1.165) is 0 Å². The maximum atomic E-state index is 13.7. The number of aromatic nitrogens is 3. The Hall–Kier alpha value is -3.33. The third-order valence-electron chi connectivity index (χ3n) is 4.39. The fraction of sp³-hybridized carbons (Fsp3) is 0.300. The minimum atomic E-state index is -0.392. The highest BCUT2D eigenvalue weighted by Crippen LogP contribution is 2.31. The van der Waals surface area contributed by atoms with E-state index in [9.17, 15) is 9.18 Å². The summed E-state index contributed by atoms with van der Waals surface area (Å²) < 4.78 is 19.4. The molecular formula is C20H21FN6O2. The van der Waals surface area contributed by atoms with Crippen LogP contribution in [0, 0.1) is 5.82 Å². The lowest BCUT2D eigenvalue weighted by atomic mass is 10.2. The van der Waals surface area contributed by atoms with Crippen LogP contribution in [0.4, 0.5) is 21.7 Å². The van der Waals surface area contributed by atoms with Gasteiger partial charge in [-0.2, -0.15) is 0 Å². The van der Waals surface area contributed by atoms with Gasteiger partial charge >= 0.3 is 0 Å². The highest BCUT2D eigenvalue weighted by molar-refractivity contribution is 5.96. The molecule has 1 aliphatic heterocycles. The first-order valence-corrected chi connectivity index (χ1v) is 9.37. The van der Waals surface area contributed by atoms with Crippen molar-refractivity contribution in [3.8, 4) is 5.75 Å². The molecule has 0 bridgehead atoms. The Morgan fingerprint density at radius 2 is 2.10 bits per heavy atom. The topological polar surface area (TPSA) is 92.3 Å². The van der Waals surface area contributed by atoms with Crippen molar-refractivity contribution in [3.05, 3.63) is 42.5 Å². The van der Waals surface area contributed by atoms with E-state index in [-0.39, 0.29) is 18.6 Å². The maximum Gasteiger partial charge on any atom is 0.242 e. The molecule has 0 aliphatic carbocycles. The summed E-state index contributed by atoms with van der Waals surface area (Å²) >= 11 is 0. The van der Waals surface area contributed by atoms with Gasteiger partial charge in [0, 0.05) is 19.2 Å². The van der Waals surface area contributed by atoms with Gasteiger partial charge in [0.2, 0.25) is 5.91 Å². The number of carbonyl (C=O) groups is 1. The number of benzene rings is 1. The van der Waals surface area contributed by atoms with Crippen molar-refractivity contribution in [1.82, 2.24) is 20.3 Å². The van der Waals surface area contributed by atoms with Gasteiger partial charge in [0.15, 0.2) is 5.82 Å². The minimum Gasteiger partial charge on any atom is -0.489 e. The lowest BCUT2D eigenvalue weighted by Gasteiger charge is -2.26. The molecule has 29 heavy (non-hydrogen) atoms. The largest absolute Gasteiger partial charge is 0.489 e. The molecule has 150 valence electrons. The van der Waals surface area contributed by atoms with E-state index in [0.29, 0.717) is 47.2 Å². The normalized spacial score (nSPS) is 14.5. The predicted octanol–water partition coefficient (Wildman–Crippen LogP) is 2.63. The Labute approximate surface area is 167 Å². The van der Waals surface area contributed by atoms with E-state index in [4.69, 9.17) is 4.74 Å². The van der Waals surface area contributed by atoms with E-state index in [2.05, 4.69) is 25.6 Å². The van der Waals surface area contributed by atoms with Gasteiger partial charge in [-0.05, 0) is 38.1 Å². The number of rotatable bonds is 5. The lowest BCUT2D eigenvalue weighted by molar-refractivity contribution is -0.118.